The Balaban J connectivity index is 1.50. The third-order valence-corrected chi connectivity index (χ3v) is 5.61. The van der Waals surface area contributed by atoms with Crippen molar-refractivity contribution in [2.75, 3.05) is 11.1 Å². The van der Waals surface area contributed by atoms with Gasteiger partial charge in [0.15, 0.2) is 0 Å². The summed E-state index contributed by atoms with van der Waals surface area (Å²) in [5.74, 6) is -0.367. The van der Waals surface area contributed by atoms with E-state index in [1.54, 1.807) is 19.1 Å². The lowest BCUT2D eigenvalue weighted by molar-refractivity contribution is -0.113. The number of para-hydroxylation sites is 2. The molecule has 0 aliphatic carbocycles. The molecule has 1 aliphatic rings. The zero-order valence-electron chi connectivity index (χ0n) is 16.4. The monoisotopic (exact) mass is 417 g/mol. The Bertz CT molecular complexity index is 1140. The van der Waals surface area contributed by atoms with Crippen LogP contribution in [0, 0.1) is 12.7 Å². The Morgan fingerprint density at radius 1 is 1.00 bits per heavy atom. The second-order valence-electron chi connectivity index (χ2n) is 6.90. The van der Waals surface area contributed by atoms with Gasteiger partial charge in [0.05, 0.1) is 27.9 Å². The number of nitrogens with zero attached hydrogens (tertiary/aromatic N) is 2. The number of thioether (sulfide) groups is 1. The normalized spacial score (nSPS) is 13.0. The van der Waals surface area contributed by atoms with Crippen molar-refractivity contribution in [1.82, 2.24) is 0 Å². The van der Waals surface area contributed by atoms with Gasteiger partial charge in [-0.25, -0.2) is 9.38 Å². The minimum absolute atomic E-state index is 0.179. The molecular formula is C24H20FN3OS. The molecule has 0 saturated heterocycles. The van der Waals surface area contributed by atoms with E-state index in [9.17, 15) is 9.18 Å². The quantitative estimate of drug-likeness (QED) is 0.561. The molecule has 3 aromatic rings. The molecule has 3 aromatic carbocycles. The van der Waals surface area contributed by atoms with Crippen LogP contribution < -0.4 is 5.32 Å². The number of amides is 1. The predicted molar refractivity (Wildman–Crippen MR) is 123 cm³/mol. The number of hydrogen-bond acceptors (Lipinski definition) is 4. The first-order chi connectivity index (χ1) is 14.6. The number of benzene rings is 3. The lowest BCUT2D eigenvalue weighted by Gasteiger charge is -2.09. The number of anilines is 1. The maximum atomic E-state index is 13.7. The highest BCUT2D eigenvalue weighted by Crippen LogP contribution is 2.33. The molecule has 150 valence electrons. The van der Waals surface area contributed by atoms with Gasteiger partial charge in [-0.1, -0.05) is 48.5 Å². The first-order valence-corrected chi connectivity index (χ1v) is 10.6. The van der Waals surface area contributed by atoms with E-state index in [0.717, 1.165) is 27.7 Å². The van der Waals surface area contributed by atoms with Crippen molar-refractivity contribution in [1.29, 1.82) is 0 Å². The fourth-order valence-electron chi connectivity index (χ4n) is 3.05. The van der Waals surface area contributed by atoms with E-state index in [1.807, 2.05) is 54.6 Å². The number of carbonyl (C=O) groups excluding carboxylic acids is 1. The number of carbonyl (C=O) groups is 1. The number of aliphatic imine (C=N–C) groups is 2. The van der Waals surface area contributed by atoms with E-state index in [4.69, 9.17) is 9.98 Å². The fraction of sp³-hybridized carbons (Fsp3) is 0.125. The van der Waals surface area contributed by atoms with E-state index in [0.29, 0.717) is 17.7 Å². The summed E-state index contributed by atoms with van der Waals surface area (Å²) >= 11 is 1.37. The van der Waals surface area contributed by atoms with E-state index >= 15 is 0 Å². The van der Waals surface area contributed by atoms with Gasteiger partial charge in [-0.3, -0.25) is 9.79 Å². The number of aryl methyl sites for hydroxylation is 1. The number of nitrogens with one attached hydrogen (secondary N) is 1. The first-order valence-electron chi connectivity index (χ1n) is 9.57. The minimum atomic E-state index is -0.339. The summed E-state index contributed by atoms with van der Waals surface area (Å²) in [6.45, 7) is 1.69. The summed E-state index contributed by atoms with van der Waals surface area (Å²) in [5, 5.41) is 3.55. The van der Waals surface area contributed by atoms with Crippen LogP contribution in [-0.2, 0) is 4.79 Å². The van der Waals surface area contributed by atoms with Crippen molar-refractivity contribution in [3.8, 4) is 0 Å². The van der Waals surface area contributed by atoms with Gasteiger partial charge in [-0.2, -0.15) is 0 Å². The van der Waals surface area contributed by atoms with Gasteiger partial charge in [0, 0.05) is 12.1 Å². The second-order valence-corrected chi connectivity index (χ2v) is 7.94. The van der Waals surface area contributed by atoms with Crippen molar-refractivity contribution in [3.63, 3.8) is 0 Å². The Morgan fingerprint density at radius 3 is 2.43 bits per heavy atom. The van der Waals surface area contributed by atoms with Crippen LogP contribution in [0.15, 0.2) is 82.8 Å². The molecule has 6 heteroatoms. The Kier molecular flexibility index (Phi) is 6.05. The smallest absolute Gasteiger partial charge is 0.234 e. The summed E-state index contributed by atoms with van der Waals surface area (Å²) in [5.41, 5.74) is 4.53. The molecule has 0 fully saturated rings. The van der Waals surface area contributed by atoms with Crippen molar-refractivity contribution in [2.45, 2.75) is 13.3 Å². The average molecular weight is 418 g/mol. The molecule has 0 bridgehead atoms. The van der Waals surface area contributed by atoms with Crippen molar-refractivity contribution < 1.29 is 9.18 Å². The van der Waals surface area contributed by atoms with E-state index in [2.05, 4.69) is 5.32 Å². The fourth-order valence-corrected chi connectivity index (χ4v) is 3.82. The van der Waals surface area contributed by atoms with Gasteiger partial charge >= 0.3 is 0 Å². The predicted octanol–water partition coefficient (Wildman–Crippen LogP) is 6.06. The summed E-state index contributed by atoms with van der Waals surface area (Å²) < 4.78 is 13.7. The zero-order chi connectivity index (χ0) is 20.9. The van der Waals surface area contributed by atoms with Crippen LogP contribution in [0.3, 0.4) is 0 Å². The van der Waals surface area contributed by atoms with E-state index < -0.39 is 0 Å². The van der Waals surface area contributed by atoms with E-state index in [1.165, 1.54) is 17.8 Å². The lowest BCUT2D eigenvalue weighted by Crippen LogP contribution is -2.16. The van der Waals surface area contributed by atoms with Crippen LogP contribution in [0.1, 0.15) is 17.5 Å². The van der Waals surface area contributed by atoms with Gasteiger partial charge in [0.1, 0.15) is 5.82 Å². The van der Waals surface area contributed by atoms with Crippen molar-refractivity contribution in [2.24, 2.45) is 9.98 Å². The molecule has 0 saturated carbocycles. The highest BCUT2D eigenvalue weighted by molar-refractivity contribution is 8.14. The molecule has 1 aliphatic heterocycles. The summed E-state index contributed by atoms with van der Waals surface area (Å²) in [6.07, 6.45) is 0.537. The van der Waals surface area contributed by atoms with Crippen LogP contribution in [0.25, 0.3) is 0 Å². The van der Waals surface area contributed by atoms with Crippen LogP contribution in [-0.4, -0.2) is 22.4 Å². The van der Waals surface area contributed by atoms with Crippen molar-refractivity contribution in [3.05, 3.63) is 89.7 Å². The minimum Gasteiger partial charge on any atom is -0.325 e. The molecule has 1 N–H and O–H groups in total. The molecule has 0 unspecified atom stereocenters. The SMILES string of the molecule is Cc1ccc(NC(=O)CSC2=Nc3ccccc3N=C(c3ccccc3)C2)cc1F. The summed E-state index contributed by atoms with van der Waals surface area (Å²) in [7, 11) is 0. The summed E-state index contributed by atoms with van der Waals surface area (Å²) in [4.78, 5) is 22.0. The molecule has 1 heterocycles. The van der Waals surface area contributed by atoms with Gasteiger partial charge < -0.3 is 5.32 Å². The number of hydrogen-bond donors (Lipinski definition) is 1. The molecule has 30 heavy (non-hydrogen) atoms. The zero-order valence-corrected chi connectivity index (χ0v) is 17.2. The van der Waals surface area contributed by atoms with Gasteiger partial charge in [0.2, 0.25) is 5.91 Å². The standard InChI is InChI=1S/C24H20FN3OS/c1-16-11-12-18(13-19(16)25)26-23(29)15-30-24-14-22(17-7-3-2-4-8-17)27-20-9-5-6-10-21(20)28-24/h2-13H,14-15H2,1H3,(H,26,29). The average Bonchev–Trinajstić information content (AvgIpc) is 2.95. The van der Waals surface area contributed by atoms with Crippen molar-refractivity contribution >= 4 is 45.5 Å². The molecule has 0 atom stereocenters. The maximum absolute atomic E-state index is 13.7. The van der Waals surface area contributed by atoms with Crippen LogP contribution in [0.5, 0.6) is 0 Å². The molecule has 4 rings (SSSR count). The molecule has 1 amide bonds. The molecule has 0 aromatic heterocycles. The van der Waals surface area contributed by atoms with Gasteiger partial charge in [0.25, 0.3) is 0 Å². The Hall–Kier alpha value is -3.25. The molecule has 0 spiro atoms. The third kappa shape index (κ3) is 4.83. The maximum Gasteiger partial charge on any atom is 0.234 e. The van der Waals surface area contributed by atoms with Gasteiger partial charge in [-0.05, 0) is 42.3 Å². The number of rotatable bonds is 4. The number of halogens is 1. The Morgan fingerprint density at radius 2 is 1.70 bits per heavy atom. The second kappa shape index (κ2) is 9.05. The van der Waals surface area contributed by atoms with Gasteiger partial charge in [-0.15, -0.1) is 11.8 Å². The van der Waals surface area contributed by atoms with Crippen LogP contribution >= 0.6 is 11.8 Å². The highest BCUT2D eigenvalue weighted by atomic mass is 32.2. The van der Waals surface area contributed by atoms with Crippen LogP contribution in [0.2, 0.25) is 0 Å². The molecule has 0 radical (unpaired) electrons. The molecular weight excluding hydrogens is 397 g/mol. The topological polar surface area (TPSA) is 53.8 Å². The summed E-state index contributed by atoms with van der Waals surface area (Å²) in [6, 6.07) is 22.4. The molecule has 4 nitrogen and oxygen atoms in total. The van der Waals surface area contributed by atoms with E-state index in [-0.39, 0.29) is 17.5 Å². The number of fused-ring (bicyclic) bond motifs is 1. The Labute approximate surface area is 179 Å². The van der Waals surface area contributed by atoms with Crippen LogP contribution in [0.4, 0.5) is 21.5 Å². The lowest BCUT2D eigenvalue weighted by atomic mass is 10.1. The largest absolute Gasteiger partial charge is 0.325 e. The third-order valence-electron chi connectivity index (χ3n) is 4.63. The first kappa shape index (κ1) is 20.0. The highest BCUT2D eigenvalue weighted by Gasteiger charge is 2.16.